The number of nitrogens with zero attached hydrogens (tertiary/aromatic N) is 3. The smallest absolute Gasteiger partial charge is 0.410 e. The lowest BCUT2D eigenvalue weighted by Gasteiger charge is -2.36. The van der Waals surface area contributed by atoms with Crippen LogP contribution in [0.4, 0.5) is 10.5 Å². The molecule has 0 saturated carbocycles. The molecular weight excluding hydrogens is 370 g/mol. The van der Waals surface area contributed by atoms with Crippen LogP contribution >= 0.6 is 0 Å². The Kier molecular flexibility index (Phi) is 5.87. The normalized spacial score (nSPS) is 20.2. The zero-order valence-corrected chi connectivity index (χ0v) is 18.0. The Labute approximate surface area is 172 Å². The van der Waals surface area contributed by atoms with Gasteiger partial charge in [0.1, 0.15) is 5.60 Å². The number of benzene rings is 1. The Bertz CT molecular complexity index is 807. The zero-order chi connectivity index (χ0) is 21.3. The molecule has 2 saturated heterocycles. The molecule has 2 heterocycles. The average molecular weight is 402 g/mol. The van der Waals surface area contributed by atoms with Gasteiger partial charge in [-0.1, -0.05) is 12.1 Å². The number of carbonyl (C=O) groups is 3. The van der Waals surface area contributed by atoms with Crippen LogP contribution in [0.2, 0.25) is 0 Å². The Morgan fingerprint density at radius 2 is 1.66 bits per heavy atom. The number of carbonyl (C=O) groups excluding carboxylic acids is 3. The number of anilines is 1. The van der Waals surface area contributed by atoms with E-state index in [9.17, 15) is 14.4 Å². The van der Waals surface area contributed by atoms with Crippen molar-refractivity contribution in [3.8, 4) is 0 Å². The summed E-state index contributed by atoms with van der Waals surface area (Å²) in [7, 11) is 0. The highest BCUT2D eigenvalue weighted by Crippen LogP contribution is 2.30. The standard InChI is InChI=1S/C22H31N3O4/c1-15-7-6-8-18(16(15)2)25-14-17(13-19(25)26)20(27)23-9-11-24(12-10-23)21(28)29-22(3,4)5/h6-8,17H,9-14H2,1-5H3/t17-/m0/s1. The Hall–Kier alpha value is -2.57. The van der Waals surface area contributed by atoms with Crippen LogP contribution in [0.3, 0.4) is 0 Å². The minimum Gasteiger partial charge on any atom is -0.444 e. The van der Waals surface area contributed by atoms with E-state index >= 15 is 0 Å². The fraction of sp³-hybridized carbons (Fsp3) is 0.591. The lowest BCUT2D eigenvalue weighted by atomic mass is 10.1. The molecule has 0 aromatic heterocycles. The molecule has 158 valence electrons. The topological polar surface area (TPSA) is 70.2 Å². The van der Waals surface area contributed by atoms with Gasteiger partial charge in [-0.2, -0.15) is 0 Å². The first-order valence-electron chi connectivity index (χ1n) is 10.2. The summed E-state index contributed by atoms with van der Waals surface area (Å²) in [5.41, 5.74) is 2.55. The molecule has 3 amide bonds. The molecule has 1 atom stereocenters. The van der Waals surface area contributed by atoms with Crippen LogP contribution in [-0.2, 0) is 14.3 Å². The molecule has 0 spiro atoms. The Morgan fingerprint density at radius 3 is 2.28 bits per heavy atom. The minimum atomic E-state index is -0.536. The Morgan fingerprint density at radius 1 is 1.03 bits per heavy atom. The third-order valence-corrected chi connectivity index (χ3v) is 5.58. The number of piperazine rings is 1. The second kappa shape index (κ2) is 8.05. The summed E-state index contributed by atoms with van der Waals surface area (Å²) in [6.45, 7) is 11.8. The molecule has 0 N–H and O–H groups in total. The van der Waals surface area contributed by atoms with Gasteiger partial charge in [-0.15, -0.1) is 0 Å². The maximum absolute atomic E-state index is 13.0. The number of rotatable bonds is 2. The number of amides is 3. The van der Waals surface area contributed by atoms with Crippen LogP contribution in [0.25, 0.3) is 0 Å². The molecule has 0 bridgehead atoms. The zero-order valence-electron chi connectivity index (χ0n) is 18.0. The van der Waals surface area contributed by atoms with E-state index < -0.39 is 5.60 Å². The summed E-state index contributed by atoms with van der Waals surface area (Å²) in [6.07, 6.45) is -0.111. The molecule has 0 radical (unpaired) electrons. The van der Waals surface area contributed by atoms with E-state index in [0.29, 0.717) is 32.7 Å². The fourth-order valence-electron chi connectivity index (χ4n) is 3.83. The maximum atomic E-state index is 13.0. The van der Waals surface area contributed by atoms with Crippen molar-refractivity contribution in [2.45, 2.75) is 46.6 Å². The van der Waals surface area contributed by atoms with Crippen LogP contribution < -0.4 is 4.90 Å². The molecule has 2 aliphatic rings. The minimum absolute atomic E-state index is 0.00463. The fourth-order valence-corrected chi connectivity index (χ4v) is 3.83. The van der Waals surface area contributed by atoms with Crippen molar-refractivity contribution < 1.29 is 19.1 Å². The first kappa shape index (κ1) is 21.1. The van der Waals surface area contributed by atoms with E-state index in [2.05, 4.69) is 0 Å². The summed E-state index contributed by atoms with van der Waals surface area (Å²) in [4.78, 5) is 42.9. The van der Waals surface area contributed by atoms with Gasteiger partial charge in [0.05, 0.1) is 5.92 Å². The van der Waals surface area contributed by atoms with Crippen molar-refractivity contribution in [2.24, 2.45) is 5.92 Å². The van der Waals surface area contributed by atoms with Crippen molar-refractivity contribution in [2.75, 3.05) is 37.6 Å². The first-order valence-corrected chi connectivity index (χ1v) is 10.2. The molecule has 2 fully saturated rings. The lowest BCUT2D eigenvalue weighted by molar-refractivity contribution is -0.137. The van der Waals surface area contributed by atoms with E-state index in [1.807, 2.05) is 52.8 Å². The molecule has 7 nitrogen and oxygen atoms in total. The van der Waals surface area contributed by atoms with Crippen LogP contribution in [-0.4, -0.2) is 66.0 Å². The lowest BCUT2D eigenvalue weighted by Crippen LogP contribution is -2.53. The molecule has 29 heavy (non-hydrogen) atoms. The van der Waals surface area contributed by atoms with Gasteiger partial charge in [0.2, 0.25) is 11.8 Å². The SMILES string of the molecule is Cc1cccc(N2C[C@@H](C(=O)N3CCN(C(=O)OC(C)(C)C)CC3)CC2=O)c1C. The van der Waals surface area contributed by atoms with Gasteiger partial charge in [-0.05, 0) is 51.8 Å². The van der Waals surface area contributed by atoms with Crippen LogP contribution in [0, 0.1) is 19.8 Å². The summed E-state index contributed by atoms with van der Waals surface area (Å²) in [5.74, 6) is -0.352. The van der Waals surface area contributed by atoms with Crippen molar-refractivity contribution >= 4 is 23.6 Å². The van der Waals surface area contributed by atoms with Gasteiger partial charge in [0.15, 0.2) is 0 Å². The van der Waals surface area contributed by atoms with Crippen molar-refractivity contribution in [1.29, 1.82) is 0 Å². The van der Waals surface area contributed by atoms with Crippen LogP contribution in [0.1, 0.15) is 38.3 Å². The van der Waals surface area contributed by atoms with Gasteiger partial charge in [-0.3, -0.25) is 9.59 Å². The van der Waals surface area contributed by atoms with E-state index in [1.54, 1.807) is 14.7 Å². The second-order valence-electron chi connectivity index (χ2n) is 8.92. The molecule has 3 rings (SSSR count). The van der Waals surface area contributed by atoms with Crippen LogP contribution in [0.15, 0.2) is 18.2 Å². The molecular formula is C22H31N3O4. The molecule has 0 unspecified atom stereocenters. The molecule has 0 aliphatic carbocycles. The molecule has 1 aromatic carbocycles. The summed E-state index contributed by atoms with van der Waals surface area (Å²) in [5, 5.41) is 0. The monoisotopic (exact) mass is 401 g/mol. The largest absolute Gasteiger partial charge is 0.444 e. The van der Waals surface area contributed by atoms with Gasteiger partial charge in [0.25, 0.3) is 0 Å². The van der Waals surface area contributed by atoms with Gasteiger partial charge < -0.3 is 19.4 Å². The number of ether oxygens (including phenoxy) is 1. The van der Waals surface area contributed by atoms with E-state index in [0.717, 1.165) is 16.8 Å². The highest BCUT2D eigenvalue weighted by molar-refractivity contribution is 6.01. The number of aryl methyl sites for hydroxylation is 1. The molecule has 1 aromatic rings. The third kappa shape index (κ3) is 4.71. The highest BCUT2D eigenvalue weighted by Gasteiger charge is 2.39. The maximum Gasteiger partial charge on any atom is 0.410 e. The average Bonchev–Trinajstić information content (AvgIpc) is 3.03. The van der Waals surface area contributed by atoms with Crippen LogP contribution in [0.5, 0.6) is 0 Å². The third-order valence-electron chi connectivity index (χ3n) is 5.58. The second-order valence-corrected chi connectivity index (χ2v) is 8.92. The van der Waals surface area contributed by atoms with Gasteiger partial charge in [0, 0.05) is 44.8 Å². The number of hydrogen-bond donors (Lipinski definition) is 0. The Balaban J connectivity index is 1.59. The van der Waals surface area contributed by atoms with E-state index in [4.69, 9.17) is 4.74 Å². The van der Waals surface area contributed by atoms with Crippen molar-refractivity contribution in [3.05, 3.63) is 29.3 Å². The predicted octanol–water partition coefficient (Wildman–Crippen LogP) is 2.74. The quantitative estimate of drug-likeness (QED) is 0.764. The summed E-state index contributed by atoms with van der Waals surface area (Å²) in [6, 6.07) is 5.90. The first-order chi connectivity index (χ1) is 13.6. The summed E-state index contributed by atoms with van der Waals surface area (Å²) >= 11 is 0. The molecule has 2 aliphatic heterocycles. The highest BCUT2D eigenvalue weighted by atomic mass is 16.6. The van der Waals surface area contributed by atoms with Gasteiger partial charge in [-0.25, -0.2) is 4.79 Å². The molecule has 7 heteroatoms. The number of hydrogen-bond acceptors (Lipinski definition) is 4. The van der Waals surface area contributed by atoms with Crippen molar-refractivity contribution in [3.63, 3.8) is 0 Å². The van der Waals surface area contributed by atoms with E-state index in [1.165, 1.54) is 0 Å². The predicted molar refractivity (Wildman–Crippen MR) is 111 cm³/mol. The van der Waals surface area contributed by atoms with Gasteiger partial charge >= 0.3 is 6.09 Å². The van der Waals surface area contributed by atoms with Crippen molar-refractivity contribution in [1.82, 2.24) is 9.80 Å². The summed E-state index contributed by atoms with van der Waals surface area (Å²) < 4.78 is 5.40. The van der Waals surface area contributed by atoms with E-state index in [-0.39, 0.29) is 30.2 Å².